The first-order valence-corrected chi connectivity index (χ1v) is 7.73. The number of carbonyl (C=O) groups excluding carboxylic acids is 1. The molecule has 0 radical (unpaired) electrons. The van der Waals surface area contributed by atoms with Gasteiger partial charge < -0.3 is 10.2 Å². The van der Waals surface area contributed by atoms with Crippen LogP contribution in [0.25, 0.3) is 0 Å². The fourth-order valence-corrected chi connectivity index (χ4v) is 3.37. The highest BCUT2D eigenvalue weighted by Gasteiger charge is 2.28. The Kier molecular flexibility index (Phi) is 3.79. The highest BCUT2D eigenvalue weighted by molar-refractivity contribution is 5.79. The number of carbonyl (C=O) groups is 1. The molecule has 3 rings (SSSR count). The lowest BCUT2D eigenvalue weighted by Crippen LogP contribution is -2.43. The first kappa shape index (κ1) is 13.6. The van der Waals surface area contributed by atoms with Crippen LogP contribution in [0.2, 0.25) is 0 Å². The summed E-state index contributed by atoms with van der Waals surface area (Å²) < 4.78 is 0. The largest absolute Gasteiger partial charge is 0.338 e. The van der Waals surface area contributed by atoms with E-state index in [0.717, 1.165) is 45.4 Å². The fourth-order valence-electron chi connectivity index (χ4n) is 3.37. The number of nitrogens with one attached hydrogen (secondary N) is 1. The van der Waals surface area contributed by atoms with Crippen LogP contribution in [0.15, 0.2) is 12.1 Å². The molecule has 2 aliphatic heterocycles. The maximum absolute atomic E-state index is 12.6. The molecule has 0 bridgehead atoms. The van der Waals surface area contributed by atoms with Crippen LogP contribution in [-0.2, 0) is 17.8 Å². The Balaban J connectivity index is 1.74. The van der Waals surface area contributed by atoms with Gasteiger partial charge in [-0.05, 0) is 68.5 Å². The Labute approximate surface area is 121 Å². The molecule has 0 spiro atoms. The summed E-state index contributed by atoms with van der Waals surface area (Å²) in [6.07, 6.45) is 3.00. The molecule has 0 saturated carbocycles. The fraction of sp³-hybridized carbons (Fsp3) is 0.588. The predicted octanol–water partition coefficient (Wildman–Crippen LogP) is 2.19. The summed E-state index contributed by atoms with van der Waals surface area (Å²) >= 11 is 0. The van der Waals surface area contributed by atoms with E-state index in [1.165, 1.54) is 22.3 Å². The SMILES string of the molecule is Cc1cc2c(cc1C)CN(C(=O)C1CCNCC1)CC2. The molecule has 3 nitrogen and oxygen atoms in total. The molecular formula is C17H24N2O. The highest BCUT2D eigenvalue weighted by atomic mass is 16.2. The van der Waals surface area contributed by atoms with Crippen molar-refractivity contribution in [2.75, 3.05) is 19.6 Å². The minimum absolute atomic E-state index is 0.240. The Morgan fingerprint density at radius 3 is 2.50 bits per heavy atom. The summed E-state index contributed by atoms with van der Waals surface area (Å²) in [6.45, 7) is 7.99. The number of benzene rings is 1. The Hall–Kier alpha value is -1.35. The molecule has 1 N–H and O–H groups in total. The molecule has 2 heterocycles. The molecule has 2 aliphatic rings. The smallest absolute Gasteiger partial charge is 0.226 e. The molecule has 1 amide bonds. The topological polar surface area (TPSA) is 32.3 Å². The van der Waals surface area contributed by atoms with Crippen molar-refractivity contribution in [3.63, 3.8) is 0 Å². The number of hydrogen-bond donors (Lipinski definition) is 1. The van der Waals surface area contributed by atoms with Crippen molar-refractivity contribution in [3.05, 3.63) is 34.4 Å². The van der Waals surface area contributed by atoms with Crippen LogP contribution in [0.5, 0.6) is 0 Å². The van der Waals surface area contributed by atoms with Crippen molar-refractivity contribution < 1.29 is 4.79 Å². The van der Waals surface area contributed by atoms with Crippen molar-refractivity contribution in [2.45, 2.75) is 39.7 Å². The molecule has 20 heavy (non-hydrogen) atoms. The van der Waals surface area contributed by atoms with E-state index in [1.807, 2.05) is 0 Å². The third kappa shape index (κ3) is 2.59. The van der Waals surface area contributed by atoms with Gasteiger partial charge in [-0.3, -0.25) is 4.79 Å². The average molecular weight is 272 g/mol. The van der Waals surface area contributed by atoms with Crippen LogP contribution < -0.4 is 5.32 Å². The minimum atomic E-state index is 0.240. The molecule has 1 fully saturated rings. The second-order valence-electron chi connectivity index (χ2n) is 6.24. The van der Waals surface area contributed by atoms with Gasteiger partial charge >= 0.3 is 0 Å². The summed E-state index contributed by atoms with van der Waals surface area (Å²) in [5, 5.41) is 3.33. The van der Waals surface area contributed by atoms with E-state index in [2.05, 4.69) is 36.2 Å². The number of amides is 1. The van der Waals surface area contributed by atoms with E-state index in [-0.39, 0.29) is 5.92 Å². The van der Waals surface area contributed by atoms with Gasteiger partial charge in [0.25, 0.3) is 0 Å². The van der Waals surface area contributed by atoms with Crippen LogP contribution in [-0.4, -0.2) is 30.4 Å². The molecular weight excluding hydrogens is 248 g/mol. The van der Waals surface area contributed by atoms with Crippen LogP contribution in [0.4, 0.5) is 0 Å². The van der Waals surface area contributed by atoms with E-state index < -0.39 is 0 Å². The number of hydrogen-bond acceptors (Lipinski definition) is 2. The first-order valence-electron chi connectivity index (χ1n) is 7.73. The minimum Gasteiger partial charge on any atom is -0.338 e. The lowest BCUT2D eigenvalue weighted by molar-refractivity contribution is -0.137. The monoisotopic (exact) mass is 272 g/mol. The van der Waals surface area contributed by atoms with Gasteiger partial charge in [-0.25, -0.2) is 0 Å². The molecule has 3 heteroatoms. The molecule has 0 unspecified atom stereocenters. The molecule has 0 atom stereocenters. The number of rotatable bonds is 1. The van der Waals surface area contributed by atoms with Gasteiger partial charge in [0.05, 0.1) is 0 Å². The third-order valence-electron chi connectivity index (χ3n) is 4.83. The van der Waals surface area contributed by atoms with E-state index in [4.69, 9.17) is 0 Å². The molecule has 1 aromatic rings. The lowest BCUT2D eigenvalue weighted by atomic mass is 9.92. The summed E-state index contributed by atoms with van der Waals surface area (Å²) in [5.41, 5.74) is 5.48. The molecule has 1 aromatic carbocycles. The zero-order chi connectivity index (χ0) is 14.1. The Morgan fingerprint density at radius 2 is 1.80 bits per heavy atom. The van der Waals surface area contributed by atoms with Crippen molar-refractivity contribution in [1.82, 2.24) is 10.2 Å². The van der Waals surface area contributed by atoms with E-state index >= 15 is 0 Å². The lowest BCUT2D eigenvalue weighted by Gasteiger charge is -2.33. The summed E-state index contributed by atoms with van der Waals surface area (Å²) in [6, 6.07) is 4.57. The summed E-state index contributed by atoms with van der Waals surface area (Å²) in [4.78, 5) is 14.7. The molecule has 0 aromatic heterocycles. The first-order chi connectivity index (χ1) is 9.65. The second-order valence-corrected chi connectivity index (χ2v) is 6.24. The number of piperidine rings is 1. The molecule has 1 saturated heterocycles. The van der Waals surface area contributed by atoms with Gasteiger partial charge in [0.2, 0.25) is 5.91 Å². The van der Waals surface area contributed by atoms with E-state index in [9.17, 15) is 4.79 Å². The maximum atomic E-state index is 12.6. The van der Waals surface area contributed by atoms with Gasteiger partial charge in [0.1, 0.15) is 0 Å². The van der Waals surface area contributed by atoms with Gasteiger partial charge in [-0.2, -0.15) is 0 Å². The van der Waals surface area contributed by atoms with Gasteiger partial charge in [0, 0.05) is 19.0 Å². The Bertz CT molecular complexity index is 518. The standard InChI is InChI=1S/C17H24N2O/c1-12-9-15-5-8-19(11-16(15)10-13(12)2)17(20)14-3-6-18-7-4-14/h9-10,14,18H,3-8,11H2,1-2H3. The molecule has 0 aliphatic carbocycles. The predicted molar refractivity (Wildman–Crippen MR) is 80.6 cm³/mol. The van der Waals surface area contributed by atoms with Gasteiger partial charge in [-0.15, -0.1) is 0 Å². The van der Waals surface area contributed by atoms with Crippen LogP contribution >= 0.6 is 0 Å². The van der Waals surface area contributed by atoms with Crippen molar-refractivity contribution >= 4 is 5.91 Å². The summed E-state index contributed by atoms with van der Waals surface area (Å²) in [7, 11) is 0. The zero-order valence-corrected chi connectivity index (χ0v) is 12.5. The van der Waals surface area contributed by atoms with E-state index in [1.54, 1.807) is 0 Å². The van der Waals surface area contributed by atoms with Gasteiger partial charge in [-0.1, -0.05) is 12.1 Å². The van der Waals surface area contributed by atoms with Crippen LogP contribution in [0.1, 0.15) is 35.1 Å². The number of fused-ring (bicyclic) bond motifs is 1. The third-order valence-corrected chi connectivity index (χ3v) is 4.83. The number of nitrogens with zero attached hydrogens (tertiary/aromatic N) is 1. The van der Waals surface area contributed by atoms with Crippen LogP contribution in [0, 0.1) is 19.8 Å². The zero-order valence-electron chi connectivity index (χ0n) is 12.5. The van der Waals surface area contributed by atoms with Gasteiger partial charge in [0.15, 0.2) is 0 Å². The van der Waals surface area contributed by atoms with Crippen molar-refractivity contribution in [2.24, 2.45) is 5.92 Å². The maximum Gasteiger partial charge on any atom is 0.226 e. The summed E-state index contributed by atoms with van der Waals surface area (Å²) in [5.74, 6) is 0.611. The normalized spacial score (nSPS) is 19.8. The number of aryl methyl sites for hydroxylation is 2. The molecule has 108 valence electrons. The highest BCUT2D eigenvalue weighted by Crippen LogP contribution is 2.25. The Morgan fingerprint density at radius 1 is 1.15 bits per heavy atom. The van der Waals surface area contributed by atoms with Crippen LogP contribution in [0.3, 0.4) is 0 Å². The second kappa shape index (κ2) is 5.57. The average Bonchev–Trinajstić information content (AvgIpc) is 2.48. The van der Waals surface area contributed by atoms with Crippen molar-refractivity contribution in [3.8, 4) is 0 Å². The van der Waals surface area contributed by atoms with E-state index in [0.29, 0.717) is 5.91 Å². The quantitative estimate of drug-likeness (QED) is 0.850. The van der Waals surface area contributed by atoms with Crippen molar-refractivity contribution in [1.29, 1.82) is 0 Å².